The smallest absolute Gasteiger partial charge is 0.129 e. The topological polar surface area (TPSA) is 9.23 Å². The normalized spacial score (nSPS) is 9.25. The van der Waals surface area contributed by atoms with Crippen molar-refractivity contribution in [2.24, 2.45) is 0 Å². The molecule has 2 heteroatoms. The Morgan fingerprint density at radius 3 is 2.75 bits per heavy atom. The third kappa shape index (κ3) is 1.01. The second-order valence-electron chi connectivity index (χ2n) is 1.45. The van der Waals surface area contributed by atoms with Gasteiger partial charge in [0.1, 0.15) is 5.75 Å². The fraction of sp³-hybridized carbons (Fsp3) is 0.167. The van der Waals surface area contributed by atoms with E-state index < -0.39 is 0 Å². The van der Waals surface area contributed by atoms with E-state index in [1.54, 1.807) is 18.4 Å². The molecule has 0 unspecified atom stereocenters. The largest absolute Gasteiger partial charge is 0.496 e. The highest BCUT2D eigenvalue weighted by molar-refractivity contribution is 7.10. The van der Waals surface area contributed by atoms with E-state index in [-0.39, 0.29) is 0 Å². The van der Waals surface area contributed by atoms with Gasteiger partial charge in [0.25, 0.3) is 0 Å². The van der Waals surface area contributed by atoms with Crippen LogP contribution >= 0.6 is 11.3 Å². The molecule has 0 aliphatic carbocycles. The van der Waals surface area contributed by atoms with Gasteiger partial charge in [0.15, 0.2) is 0 Å². The van der Waals surface area contributed by atoms with Crippen LogP contribution in [-0.2, 0) is 0 Å². The van der Waals surface area contributed by atoms with E-state index in [2.05, 4.69) is 6.92 Å². The van der Waals surface area contributed by atoms with Crippen LogP contribution in [-0.4, -0.2) is 7.11 Å². The molecule has 0 aliphatic rings. The van der Waals surface area contributed by atoms with Gasteiger partial charge < -0.3 is 4.74 Å². The highest BCUT2D eigenvalue weighted by Gasteiger charge is 1.90. The van der Waals surface area contributed by atoms with Crippen molar-refractivity contribution in [1.82, 2.24) is 0 Å². The second kappa shape index (κ2) is 2.18. The summed E-state index contributed by atoms with van der Waals surface area (Å²) in [6, 6.07) is 1.91. The maximum Gasteiger partial charge on any atom is 0.129 e. The molecule has 43 valence electrons. The van der Waals surface area contributed by atoms with Gasteiger partial charge >= 0.3 is 0 Å². The fourth-order valence-electron chi connectivity index (χ4n) is 0.468. The quantitative estimate of drug-likeness (QED) is 0.560. The predicted molar refractivity (Wildman–Crippen MR) is 35.3 cm³/mol. The van der Waals surface area contributed by atoms with E-state index >= 15 is 0 Å². The molecule has 1 aromatic rings. The van der Waals surface area contributed by atoms with E-state index in [1.165, 1.54) is 0 Å². The van der Waals surface area contributed by atoms with E-state index in [9.17, 15) is 0 Å². The zero-order valence-electron chi connectivity index (χ0n) is 4.68. The molecule has 0 aliphatic heterocycles. The molecule has 0 saturated heterocycles. The molecule has 1 aromatic heterocycles. The Morgan fingerprint density at radius 2 is 2.50 bits per heavy atom. The lowest BCUT2D eigenvalue weighted by Crippen LogP contribution is -1.75. The molecule has 8 heavy (non-hydrogen) atoms. The Labute approximate surface area is 52.9 Å². The number of methoxy groups -OCH3 is 1. The molecule has 0 fully saturated rings. The molecular weight excluding hydrogens is 120 g/mol. The van der Waals surface area contributed by atoms with Gasteiger partial charge in [0.05, 0.1) is 7.11 Å². The molecule has 0 spiro atoms. The van der Waals surface area contributed by atoms with Crippen molar-refractivity contribution in [1.29, 1.82) is 0 Å². The molecule has 1 rings (SSSR count). The minimum atomic E-state index is 0.903. The summed E-state index contributed by atoms with van der Waals surface area (Å²) in [6.07, 6.45) is 0. The van der Waals surface area contributed by atoms with Crippen molar-refractivity contribution in [3.63, 3.8) is 0 Å². The van der Waals surface area contributed by atoms with Crippen LogP contribution in [0.3, 0.4) is 0 Å². The Balaban J connectivity index is 2.84. The summed E-state index contributed by atoms with van der Waals surface area (Å²) in [7, 11) is 1.65. The van der Waals surface area contributed by atoms with E-state index in [0.717, 1.165) is 10.6 Å². The van der Waals surface area contributed by atoms with Crippen LogP contribution in [0.1, 0.15) is 4.88 Å². The number of rotatable bonds is 1. The maximum atomic E-state index is 4.91. The lowest BCUT2D eigenvalue weighted by Gasteiger charge is -1.87. The Kier molecular flexibility index (Phi) is 1.53. The SMILES string of the molecule is [CH2]c1cc(OC)cs1. The zero-order valence-corrected chi connectivity index (χ0v) is 5.49. The third-order valence-corrected chi connectivity index (χ3v) is 1.64. The number of ether oxygens (including phenoxy) is 1. The van der Waals surface area contributed by atoms with Crippen molar-refractivity contribution in [2.45, 2.75) is 0 Å². The number of thiophene rings is 1. The summed E-state index contributed by atoms with van der Waals surface area (Å²) in [4.78, 5) is 1.04. The van der Waals surface area contributed by atoms with Gasteiger partial charge in [-0.1, -0.05) is 0 Å². The Morgan fingerprint density at radius 1 is 1.75 bits per heavy atom. The molecule has 0 saturated carbocycles. The summed E-state index contributed by atoms with van der Waals surface area (Å²) in [5.74, 6) is 0.903. The monoisotopic (exact) mass is 127 g/mol. The average molecular weight is 127 g/mol. The van der Waals surface area contributed by atoms with Crippen LogP contribution in [0.5, 0.6) is 5.75 Å². The highest BCUT2D eigenvalue weighted by atomic mass is 32.1. The molecule has 1 heterocycles. The van der Waals surface area contributed by atoms with E-state index in [4.69, 9.17) is 4.74 Å². The van der Waals surface area contributed by atoms with Gasteiger partial charge in [-0.25, -0.2) is 0 Å². The standard InChI is InChI=1S/C6H7OS/c1-5-3-6(7-2)4-8-5/h3-4H,1H2,2H3. The highest BCUT2D eigenvalue weighted by Crippen LogP contribution is 2.19. The molecule has 1 radical (unpaired) electrons. The molecular formula is C6H7OS. The predicted octanol–water partition coefficient (Wildman–Crippen LogP) is 1.94. The summed E-state index contributed by atoms with van der Waals surface area (Å²) >= 11 is 1.59. The van der Waals surface area contributed by atoms with Crippen molar-refractivity contribution in [3.8, 4) is 5.75 Å². The van der Waals surface area contributed by atoms with E-state index in [1.807, 2.05) is 11.4 Å². The van der Waals surface area contributed by atoms with Gasteiger partial charge in [0, 0.05) is 10.3 Å². The minimum absolute atomic E-state index is 0.903. The fourth-order valence-corrected chi connectivity index (χ4v) is 1.08. The van der Waals surface area contributed by atoms with Crippen LogP contribution < -0.4 is 4.74 Å². The lowest BCUT2D eigenvalue weighted by molar-refractivity contribution is 0.416. The van der Waals surface area contributed by atoms with Crippen molar-refractivity contribution >= 4 is 11.3 Å². The summed E-state index contributed by atoms with van der Waals surface area (Å²) in [5, 5.41) is 1.93. The first-order valence-corrected chi connectivity index (χ1v) is 3.15. The first-order valence-electron chi connectivity index (χ1n) is 2.27. The summed E-state index contributed by atoms with van der Waals surface area (Å²) in [5.41, 5.74) is 0. The second-order valence-corrected chi connectivity index (χ2v) is 2.45. The van der Waals surface area contributed by atoms with E-state index in [0.29, 0.717) is 0 Å². The maximum absolute atomic E-state index is 4.91. The molecule has 0 amide bonds. The Bertz CT molecular complexity index is 169. The first-order chi connectivity index (χ1) is 3.83. The molecule has 0 bridgehead atoms. The third-order valence-electron chi connectivity index (χ3n) is 0.865. The number of hydrogen-bond donors (Lipinski definition) is 0. The van der Waals surface area contributed by atoms with Crippen molar-refractivity contribution < 1.29 is 4.74 Å². The van der Waals surface area contributed by atoms with Crippen LogP contribution in [0.25, 0.3) is 0 Å². The molecule has 0 atom stereocenters. The summed E-state index contributed by atoms with van der Waals surface area (Å²) in [6.45, 7) is 3.73. The number of hydrogen-bond acceptors (Lipinski definition) is 2. The lowest BCUT2D eigenvalue weighted by atomic mass is 10.5. The van der Waals surface area contributed by atoms with Crippen LogP contribution in [0.2, 0.25) is 0 Å². The first kappa shape index (κ1) is 5.63. The minimum Gasteiger partial charge on any atom is -0.496 e. The van der Waals surface area contributed by atoms with Crippen LogP contribution in [0.15, 0.2) is 11.4 Å². The Hall–Kier alpha value is -0.500. The van der Waals surface area contributed by atoms with Crippen molar-refractivity contribution in [3.05, 3.63) is 23.2 Å². The summed E-state index contributed by atoms with van der Waals surface area (Å²) < 4.78 is 4.91. The van der Waals surface area contributed by atoms with Gasteiger partial charge in [-0.05, 0) is 13.0 Å². The van der Waals surface area contributed by atoms with Crippen molar-refractivity contribution in [2.75, 3.05) is 7.11 Å². The van der Waals surface area contributed by atoms with Gasteiger partial charge in [-0.15, -0.1) is 11.3 Å². The van der Waals surface area contributed by atoms with Gasteiger partial charge in [0.2, 0.25) is 0 Å². The van der Waals surface area contributed by atoms with Crippen LogP contribution in [0, 0.1) is 6.92 Å². The van der Waals surface area contributed by atoms with Crippen LogP contribution in [0.4, 0.5) is 0 Å². The molecule has 1 nitrogen and oxygen atoms in total. The molecule has 0 N–H and O–H groups in total. The zero-order chi connectivity index (χ0) is 5.98. The molecule has 0 aromatic carbocycles. The van der Waals surface area contributed by atoms with Gasteiger partial charge in [-0.3, -0.25) is 0 Å². The van der Waals surface area contributed by atoms with Gasteiger partial charge in [-0.2, -0.15) is 0 Å². The average Bonchev–Trinajstić information content (AvgIpc) is 2.14.